The Bertz CT molecular complexity index is 925. The van der Waals surface area contributed by atoms with Crippen molar-refractivity contribution in [2.45, 2.75) is 21.7 Å². The molecule has 9 heteroatoms. The molecule has 0 spiro atoms. The number of benzene rings is 2. The van der Waals surface area contributed by atoms with Crippen LogP contribution in [0.4, 0.5) is 18.9 Å². The van der Waals surface area contributed by atoms with Crippen molar-refractivity contribution in [1.82, 2.24) is 0 Å². The second-order valence-electron chi connectivity index (χ2n) is 5.60. The molecule has 1 amide bonds. The molecule has 4 nitrogen and oxygen atoms in total. The van der Waals surface area contributed by atoms with Gasteiger partial charge in [0.2, 0.25) is 0 Å². The van der Waals surface area contributed by atoms with Gasteiger partial charge in [-0.1, -0.05) is 12.1 Å². The third-order valence-corrected chi connectivity index (χ3v) is 6.55. The molecule has 0 unspecified atom stereocenters. The zero-order chi connectivity index (χ0) is 18.9. The number of para-hydroxylation sites is 1. The summed E-state index contributed by atoms with van der Waals surface area (Å²) >= 11 is 1.64. The van der Waals surface area contributed by atoms with Gasteiger partial charge in [0, 0.05) is 17.0 Å². The maximum Gasteiger partial charge on any atom is 0.501 e. The van der Waals surface area contributed by atoms with Crippen LogP contribution in [0.5, 0.6) is 0 Å². The molecule has 0 N–H and O–H groups in total. The highest BCUT2D eigenvalue weighted by molar-refractivity contribution is 7.99. The number of nitrogens with zero attached hydrogens (tertiary/aromatic N) is 1. The Balaban J connectivity index is 1.92. The maximum absolute atomic E-state index is 12.8. The molecule has 2 aromatic carbocycles. The van der Waals surface area contributed by atoms with Gasteiger partial charge in [-0.15, -0.1) is 11.8 Å². The van der Waals surface area contributed by atoms with Gasteiger partial charge >= 0.3 is 5.51 Å². The van der Waals surface area contributed by atoms with E-state index >= 15 is 0 Å². The minimum absolute atomic E-state index is 0.132. The molecule has 0 atom stereocenters. The molecule has 0 saturated carbocycles. The van der Waals surface area contributed by atoms with Crippen LogP contribution in [0.1, 0.15) is 16.8 Å². The van der Waals surface area contributed by atoms with Crippen molar-refractivity contribution in [2.24, 2.45) is 0 Å². The number of halogens is 3. The lowest BCUT2D eigenvalue weighted by Gasteiger charge is -2.22. The van der Waals surface area contributed by atoms with Gasteiger partial charge in [-0.25, -0.2) is 8.42 Å². The molecule has 138 valence electrons. The van der Waals surface area contributed by atoms with Crippen LogP contribution in [-0.2, 0) is 9.84 Å². The fraction of sp³-hybridized carbons (Fsp3) is 0.235. The predicted molar refractivity (Wildman–Crippen MR) is 93.1 cm³/mol. The van der Waals surface area contributed by atoms with Crippen molar-refractivity contribution in [3.05, 3.63) is 54.1 Å². The molecule has 0 saturated heterocycles. The molecule has 3 rings (SSSR count). The highest BCUT2D eigenvalue weighted by Crippen LogP contribution is 2.35. The quantitative estimate of drug-likeness (QED) is 0.760. The summed E-state index contributed by atoms with van der Waals surface area (Å²) in [4.78, 5) is 14.5. The zero-order valence-corrected chi connectivity index (χ0v) is 15.0. The van der Waals surface area contributed by atoms with Gasteiger partial charge in [0.25, 0.3) is 15.7 Å². The Morgan fingerprint density at radius 2 is 1.69 bits per heavy atom. The van der Waals surface area contributed by atoms with E-state index in [4.69, 9.17) is 0 Å². The smallest absolute Gasteiger partial charge is 0.307 e. The average molecular weight is 401 g/mol. The summed E-state index contributed by atoms with van der Waals surface area (Å²) in [7, 11) is -5.43. The first-order valence-electron chi connectivity index (χ1n) is 7.67. The summed E-state index contributed by atoms with van der Waals surface area (Å²) in [6.45, 7) is 0.478. The first-order valence-corrected chi connectivity index (χ1v) is 10.1. The SMILES string of the molecule is O=C(c1ccc(S(=O)(=O)C(F)(F)F)cc1)N1CCCSc2ccccc21. The molecule has 2 aromatic rings. The molecule has 0 fully saturated rings. The van der Waals surface area contributed by atoms with Gasteiger partial charge in [0.1, 0.15) is 0 Å². The monoisotopic (exact) mass is 401 g/mol. The number of rotatable bonds is 2. The molecule has 1 heterocycles. The zero-order valence-electron chi connectivity index (χ0n) is 13.4. The van der Waals surface area contributed by atoms with Crippen LogP contribution in [-0.4, -0.2) is 32.1 Å². The number of sulfone groups is 1. The minimum Gasteiger partial charge on any atom is -0.307 e. The standard InChI is InChI=1S/C17H14F3NO3S2/c18-17(19,20)26(23,24)13-8-6-12(7-9-13)16(22)21-10-3-11-25-15-5-2-1-4-14(15)21/h1-2,4-9H,3,10-11H2. The third kappa shape index (κ3) is 3.45. The number of hydrogen-bond acceptors (Lipinski definition) is 4. The largest absolute Gasteiger partial charge is 0.501 e. The van der Waals surface area contributed by atoms with E-state index in [-0.39, 0.29) is 11.5 Å². The average Bonchev–Trinajstić information content (AvgIpc) is 2.83. The Kier molecular flexibility index (Phi) is 5.03. The number of thioether (sulfide) groups is 1. The molecule has 0 aliphatic carbocycles. The highest BCUT2D eigenvalue weighted by Gasteiger charge is 2.46. The lowest BCUT2D eigenvalue weighted by atomic mass is 10.1. The van der Waals surface area contributed by atoms with Crippen molar-refractivity contribution in [1.29, 1.82) is 0 Å². The van der Waals surface area contributed by atoms with Crippen LogP contribution in [0.3, 0.4) is 0 Å². The number of fused-ring (bicyclic) bond motifs is 1. The molecule has 0 bridgehead atoms. The molecule has 1 aliphatic heterocycles. The third-order valence-electron chi connectivity index (χ3n) is 3.90. The van der Waals surface area contributed by atoms with E-state index in [1.807, 2.05) is 24.3 Å². The van der Waals surface area contributed by atoms with Gasteiger partial charge in [-0.05, 0) is 48.6 Å². The van der Waals surface area contributed by atoms with E-state index < -0.39 is 20.2 Å². The Morgan fingerprint density at radius 1 is 1.04 bits per heavy atom. The van der Waals surface area contributed by atoms with E-state index in [9.17, 15) is 26.4 Å². The van der Waals surface area contributed by atoms with E-state index in [0.717, 1.165) is 47.0 Å². The Hall–Kier alpha value is -2.00. The Morgan fingerprint density at radius 3 is 2.35 bits per heavy atom. The van der Waals surface area contributed by atoms with Crippen LogP contribution < -0.4 is 4.90 Å². The van der Waals surface area contributed by atoms with Crippen LogP contribution in [0, 0.1) is 0 Å². The van der Waals surface area contributed by atoms with Crippen LogP contribution in [0.2, 0.25) is 0 Å². The second kappa shape index (κ2) is 6.96. The van der Waals surface area contributed by atoms with E-state index in [1.165, 1.54) is 0 Å². The van der Waals surface area contributed by atoms with Gasteiger partial charge in [0.05, 0.1) is 10.6 Å². The van der Waals surface area contributed by atoms with Crippen LogP contribution in [0.25, 0.3) is 0 Å². The van der Waals surface area contributed by atoms with Crippen molar-refractivity contribution >= 4 is 33.2 Å². The van der Waals surface area contributed by atoms with Crippen molar-refractivity contribution in [3.8, 4) is 0 Å². The van der Waals surface area contributed by atoms with Gasteiger partial charge in [0.15, 0.2) is 0 Å². The van der Waals surface area contributed by atoms with Crippen molar-refractivity contribution in [3.63, 3.8) is 0 Å². The first-order chi connectivity index (χ1) is 12.2. The van der Waals surface area contributed by atoms with Crippen molar-refractivity contribution in [2.75, 3.05) is 17.2 Å². The van der Waals surface area contributed by atoms with Gasteiger partial charge in [-0.3, -0.25) is 4.79 Å². The molecular formula is C17H14F3NO3S2. The maximum atomic E-state index is 12.8. The topological polar surface area (TPSA) is 54.5 Å². The number of alkyl halides is 3. The number of carbonyl (C=O) groups excluding carboxylic acids is 1. The number of hydrogen-bond donors (Lipinski definition) is 0. The molecule has 26 heavy (non-hydrogen) atoms. The van der Waals surface area contributed by atoms with Gasteiger partial charge in [-0.2, -0.15) is 13.2 Å². The van der Waals surface area contributed by atoms with Crippen LogP contribution >= 0.6 is 11.8 Å². The highest BCUT2D eigenvalue weighted by atomic mass is 32.2. The normalized spacial score (nSPS) is 15.3. The predicted octanol–water partition coefficient (Wildman–Crippen LogP) is 4.12. The number of amides is 1. The number of carbonyl (C=O) groups is 1. The molecule has 0 radical (unpaired) electrons. The summed E-state index contributed by atoms with van der Waals surface area (Å²) in [5, 5.41) is 0. The molecule has 1 aliphatic rings. The second-order valence-corrected chi connectivity index (χ2v) is 8.68. The summed E-state index contributed by atoms with van der Waals surface area (Å²) in [5.74, 6) is 0.472. The van der Waals surface area contributed by atoms with E-state index in [1.54, 1.807) is 16.7 Å². The Labute approximate surface area is 152 Å². The first kappa shape index (κ1) is 18.8. The van der Waals surface area contributed by atoms with Gasteiger partial charge < -0.3 is 4.90 Å². The summed E-state index contributed by atoms with van der Waals surface area (Å²) in [6, 6.07) is 11.3. The minimum atomic E-state index is -5.43. The lowest BCUT2D eigenvalue weighted by molar-refractivity contribution is -0.0436. The number of anilines is 1. The van der Waals surface area contributed by atoms with E-state index in [2.05, 4.69) is 0 Å². The fourth-order valence-electron chi connectivity index (χ4n) is 2.60. The summed E-state index contributed by atoms with van der Waals surface area (Å²) < 4.78 is 60.7. The summed E-state index contributed by atoms with van der Waals surface area (Å²) in [6.07, 6.45) is 0.769. The lowest BCUT2D eigenvalue weighted by Crippen LogP contribution is -2.32. The van der Waals surface area contributed by atoms with Crippen LogP contribution in [0.15, 0.2) is 58.3 Å². The molecular weight excluding hydrogens is 387 g/mol. The van der Waals surface area contributed by atoms with E-state index in [0.29, 0.717) is 6.54 Å². The van der Waals surface area contributed by atoms with Crippen molar-refractivity contribution < 1.29 is 26.4 Å². The summed E-state index contributed by atoms with van der Waals surface area (Å²) in [5.41, 5.74) is -4.50. The fourth-order valence-corrected chi connectivity index (χ4v) is 4.36. The molecule has 0 aromatic heterocycles.